The molecule has 1 nitrogen and oxygen atoms in total. The maximum absolute atomic E-state index is 2.44. The first kappa shape index (κ1) is 12.0. The number of hydrogen-bond acceptors (Lipinski definition) is 1. The van der Waals surface area contributed by atoms with Gasteiger partial charge in [-0.1, -0.05) is 56.3 Å². The third-order valence-electron chi connectivity index (χ3n) is 2.62. The zero-order chi connectivity index (χ0) is 10.9. The summed E-state index contributed by atoms with van der Waals surface area (Å²) >= 11 is 0. The normalized spacial score (nSPS) is 11.4. The third kappa shape index (κ3) is 4.80. The molecule has 0 aromatic heterocycles. The molecular weight excluding hydrogens is 182 g/mol. The molecule has 0 bridgehead atoms. The number of benzene rings is 1. The van der Waals surface area contributed by atoms with Crippen molar-refractivity contribution in [2.45, 2.75) is 20.3 Å². The Morgan fingerprint density at radius 2 is 1.73 bits per heavy atom. The van der Waals surface area contributed by atoms with Crippen LogP contribution in [0.1, 0.15) is 25.8 Å². The van der Waals surface area contributed by atoms with Gasteiger partial charge < -0.3 is 4.90 Å². The SMILES string of the molecule is CCN(CC)CC/C=C/c1ccccc1. The maximum Gasteiger partial charge on any atom is 0.00158 e. The summed E-state index contributed by atoms with van der Waals surface area (Å²) in [7, 11) is 0. The fourth-order valence-electron chi connectivity index (χ4n) is 1.58. The molecule has 15 heavy (non-hydrogen) atoms. The molecule has 1 heteroatoms. The minimum Gasteiger partial charge on any atom is -0.304 e. The van der Waals surface area contributed by atoms with Gasteiger partial charge in [-0.15, -0.1) is 0 Å². The quantitative estimate of drug-likeness (QED) is 0.684. The van der Waals surface area contributed by atoms with E-state index >= 15 is 0 Å². The Labute approximate surface area is 93.4 Å². The summed E-state index contributed by atoms with van der Waals surface area (Å²) in [6.07, 6.45) is 5.59. The summed E-state index contributed by atoms with van der Waals surface area (Å²) in [5.74, 6) is 0. The van der Waals surface area contributed by atoms with Gasteiger partial charge in [0.15, 0.2) is 0 Å². The molecule has 0 aliphatic carbocycles. The van der Waals surface area contributed by atoms with E-state index in [9.17, 15) is 0 Å². The van der Waals surface area contributed by atoms with Crippen LogP contribution in [0, 0.1) is 0 Å². The molecule has 0 N–H and O–H groups in total. The van der Waals surface area contributed by atoms with E-state index in [1.807, 2.05) is 6.07 Å². The maximum atomic E-state index is 2.44. The summed E-state index contributed by atoms with van der Waals surface area (Å²) in [4.78, 5) is 2.44. The smallest absolute Gasteiger partial charge is 0.00158 e. The molecule has 0 unspecified atom stereocenters. The second-order valence-electron chi connectivity index (χ2n) is 3.63. The van der Waals surface area contributed by atoms with Gasteiger partial charge in [0.25, 0.3) is 0 Å². The second-order valence-corrected chi connectivity index (χ2v) is 3.63. The van der Waals surface area contributed by atoms with Gasteiger partial charge in [-0.25, -0.2) is 0 Å². The first-order valence-electron chi connectivity index (χ1n) is 5.80. The lowest BCUT2D eigenvalue weighted by Gasteiger charge is -2.16. The summed E-state index contributed by atoms with van der Waals surface area (Å²) < 4.78 is 0. The molecule has 0 aliphatic heterocycles. The molecule has 0 amide bonds. The highest BCUT2D eigenvalue weighted by molar-refractivity contribution is 5.48. The molecular formula is C14H21N. The van der Waals surface area contributed by atoms with Gasteiger partial charge in [0, 0.05) is 6.54 Å². The van der Waals surface area contributed by atoms with Gasteiger partial charge in [-0.3, -0.25) is 0 Å². The van der Waals surface area contributed by atoms with Gasteiger partial charge >= 0.3 is 0 Å². The van der Waals surface area contributed by atoms with Gasteiger partial charge in [-0.2, -0.15) is 0 Å². The average Bonchev–Trinajstić information content (AvgIpc) is 2.31. The predicted octanol–water partition coefficient (Wildman–Crippen LogP) is 3.43. The van der Waals surface area contributed by atoms with Crippen LogP contribution in [0.15, 0.2) is 36.4 Å². The Kier molecular flexibility index (Phi) is 5.79. The topological polar surface area (TPSA) is 3.24 Å². The molecule has 0 atom stereocenters. The van der Waals surface area contributed by atoms with Crippen molar-refractivity contribution in [3.8, 4) is 0 Å². The number of hydrogen-bond donors (Lipinski definition) is 0. The Hall–Kier alpha value is -1.08. The van der Waals surface area contributed by atoms with Crippen molar-refractivity contribution < 1.29 is 0 Å². The van der Waals surface area contributed by atoms with Crippen molar-refractivity contribution in [2.24, 2.45) is 0 Å². The highest BCUT2D eigenvalue weighted by atomic mass is 15.1. The largest absolute Gasteiger partial charge is 0.304 e. The van der Waals surface area contributed by atoms with E-state index in [4.69, 9.17) is 0 Å². The van der Waals surface area contributed by atoms with Crippen LogP contribution in [-0.2, 0) is 0 Å². The number of rotatable bonds is 6. The Bertz CT molecular complexity index is 273. The van der Waals surface area contributed by atoms with Crippen LogP contribution in [0.2, 0.25) is 0 Å². The van der Waals surface area contributed by atoms with E-state index in [0.717, 1.165) is 26.1 Å². The van der Waals surface area contributed by atoms with Crippen LogP contribution < -0.4 is 0 Å². The first-order valence-corrected chi connectivity index (χ1v) is 5.80. The molecule has 1 rings (SSSR count). The van der Waals surface area contributed by atoms with Crippen molar-refractivity contribution in [1.82, 2.24) is 4.90 Å². The van der Waals surface area contributed by atoms with Gasteiger partial charge in [-0.05, 0) is 25.1 Å². The molecule has 0 saturated heterocycles. The second kappa shape index (κ2) is 7.24. The minimum atomic E-state index is 1.14. The first-order chi connectivity index (χ1) is 7.36. The van der Waals surface area contributed by atoms with Gasteiger partial charge in [0.05, 0.1) is 0 Å². The van der Waals surface area contributed by atoms with E-state index in [0.29, 0.717) is 0 Å². The Morgan fingerprint density at radius 1 is 1.07 bits per heavy atom. The Morgan fingerprint density at radius 3 is 2.33 bits per heavy atom. The molecule has 82 valence electrons. The molecule has 0 spiro atoms. The van der Waals surface area contributed by atoms with Crippen molar-refractivity contribution in [3.63, 3.8) is 0 Å². The lowest BCUT2D eigenvalue weighted by molar-refractivity contribution is 0.310. The summed E-state index contributed by atoms with van der Waals surface area (Å²) in [6.45, 7) is 7.89. The van der Waals surface area contributed by atoms with E-state index < -0.39 is 0 Å². The van der Waals surface area contributed by atoms with Crippen LogP contribution in [0.3, 0.4) is 0 Å². The van der Waals surface area contributed by atoms with E-state index in [1.165, 1.54) is 5.56 Å². The van der Waals surface area contributed by atoms with Gasteiger partial charge in [0.1, 0.15) is 0 Å². The van der Waals surface area contributed by atoms with Gasteiger partial charge in [0.2, 0.25) is 0 Å². The minimum absolute atomic E-state index is 1.14. The van der Waals surface area contributed by atoms with E-state index in [-0.39, 0.29) is 0 Å². The summed E-state index contributed by atoms with van der Waals surface area (Å²) in [5, 5.41) is 0. The Balaban J connectivity index is 2.28. The molecule has 1 aromatic carbocycles. The molecule has 0 radical (unpaired) electrons. The predicted molar refractivity (Wildman–Crippen MR) is 67.9 cm³/mol. The van der Waals surface area contributed by atoms with Crippen LogP contribution in [0.25, 0.3) is 6.08 Å². The average molecular weight is 203 g/mol. The monoisotopic (exact) mass is 203 g/mol. The lowest BCUT2D eigenvalue weighted by atomic mass is 10.2. The highest BCUT2D eigenvalue weighted by Crippen LogP contribution is 2.02. The van der Waals surface area contributed by atoms with Crippen molar-refractivity contribution >= 4 is 6.08 Å². The fourth-order valence-corrected chi connectivity index (χ4v) is 1.58. The summed E-state index contributed by atoms with van der Waals surface area (Å²) in [6, 6.07) is 10.5. The van der Waals surface area contributed by atoms with Crippen LogP contribution >= 0.6 is 0 Å². The standard InChI is InChI=1S/C14H21N/c1-3-15(4-2)13-9-8-12-14-10-6-5-7-11-14/h5-8,10-12H,3-4,9,13H2,1-2H3/b12-8+. The van der Waals surface area contributed by atoms with Crippen molar-refractivity contribution in [3.05, 3.63) is 42.0 Å². The van der Waals surface area contributed by atoms with E-state index in [2.05, 4.69) is 55.2 Å². The summed E-state index contributed by atoms with van der Waals surface area (Å²) in [5.41, 5.74) is 1.29. The molecule has 0 saturated carbocycles. The number of nitrogens with zero attached hydrogens (tertiary/aromatic N) is 1. The van der Waals surface area contributed by atoms with Crippen molar-refractivity contribution in [2.75, 3.05) is 19.6 Å². The van der Waals surface area contributed by atoms with E-state index in [1.54, 1.807) is 0 Å². The fraction of sp³-hybridized carbons (Fsp3) is 0.429. The molecule has 0 heterocycles. The van der Waals surface area contributed by atoms with Crippen LogP contribution in [0.4, 0.5) is 0 Å². The molecule has 0 fully saturated rings. The lowest BCUT2D eigenvalue weighted by Crippen LogP contribution is -2.23. The zero-order valence-corrected chi connectivity index (χ0v) is 9.82. The third-order valence-corrected chi connectivity index (χ3v) is 2.62. The molecule has 1 aromatic rings. The highest BCUT2D eigenvalue weighted by Gasteiger charge is 1.94. The van der Waals surface area contributed by atoms with Crippen LogP contribution in [0.5, 0.6) is 0 Å². The molecule has 0 aliphatic rings. The van der Waals surface area contributed by atoms with Crippen molar-refractivity contribution in [1.29, 1.82) is 0 Å². The zero-order valence-electron chi connectivity index (χ0n) is 9.82. The van der Waals surface area contributed by atoms with Crippen LogP contribution in [-0.4, -0.2) is 24.5 Å².